The van der Waals surface area contributed by atoms with Crippen LogP contribution in [0.2, 0.25) is 0 Å². The van der Waals surface area contributed by atoms with E-state index in [1.807, 2.05) is 51.9 Å². The quantitative estimate of drug-likeness (QED) is 0.779. The second kappa shape index (κ2) is 6.97. The summed E-state index contributed by atoms with van der Waals surface area (Å²) in [5.41, 5.74) is 3.09. The molecule has 5 heteroatoms. The van der Waals surface area contributed by atoms with Gasteiger partial charge in [-0.25, -0.2) is 4.98 Å². The third-order valence-corrected chi connectivity index (χ3v) is 4.70. The van der Waals surface area contributed by atoms with E-state index in [4.69, 9.17) is 0 Å². The highest BCUT2D eigenvalue weighted by atomic mass is 16.2. The van der Waals surface area contributed by atoms with Crippen LogP contribution in [0, 0.1) is 0 Å². The molecule has 1 saturated heterocycles. The van der Waals surface area contributed by atoms with Crippen LogP contribution in [-0.2, 0) is 17.9 Å². The molecule has 0 bridgehead atoms. The summed E-state index contributed by atoms with van der Waals surface area (Å²) in [6.07, 6.45) is 2.21. The number of hydrogen-bond donors (Lipinski definition) is 1. The van der Waals surface area contributed by atoms with Gasteiger partial charge in [-0.3, -0.25) is 4.79 Å². The number of imidazole rings is 1. The normalized spacial score (nSPS) is 14.2. The van der Waals surface area contributed by atoms with Gasteiger partial charge in [0.2, 0.25) is 11.9 Å². The topological polar surface area (TPSA) is 50.2 Å². The number of carbonyl (C=O) groups excluding carboxylic acids is 1. The van der Waals surface area contributed by atoms with E-state index in [9.17, 15) is 4.79 Å². The lowest BCUT2D eigenvalue weighted by atomic mass is 10.2. The monoisotopic (exact) mass is 334 g/mol. The third kappa shape index (κ3) is 3.36. The van der Waals surface area contributed by atoms with Crippen molar-refractivity contribution in [2.75, 3.05) is 18.4 Å². The molecule has 0 aliphatic carbocycles. The number of carbonyl (C=O) groups is 1. The lowest BCUT2D eigenvalue weighted by Gasteiger charge is -2.17. The van der Waals surface area contributed by atoms with Crippen LogP contribution in [0.15, 0.2) is 54.6 Å². The van der Waals surface area contributed by atoms with Gasteiger partial charge < -0.3 is 14.8 Å². The molecule has 1 amide bonds. The Morgan fingerprint density at radius 2 is 1.72 bits per heavy atom. The van der Waals surface area contributed by atoms with Crippen LogP contribution in [0.5, 0.6) is 0 Å². The Balaban J connectivity index is 1.60. The average molecular weight is 334 g/mol. The van der Waals surface area contributed by atoms with Crippen molar-refractivity contribution in [3.63, 3.8) is 0 Å². The molecule has 4 rings (SSSR count). The first-order chi connectivity index (χ1) is 12.3. The van der Waals surface area contributed by atoms with Crippen molar-refractivity contribution >= 4 is 22.9 Å². The van der Waals surface area contributed by atoms with E-state index in [0.29, 0.717) is 13.1 Å². The van der Waals surface area contributed by atoms with Gasteiger partial charge in [0, 0.05) is 19.6 Å². The molecule has 1 aliphatic heterocycles. The molecule has 0 unspecified atom stereocenters. The van der Waals surface area contributed by atoms with Crippen molar-refractivity contribution in [3.8, 4) is 0 Å². The van der Waals surface area contributed by atoms with Crippen molar-refractivity contribution in [1.82, 2.24) is 14.5 Å². The van der Waals surface area contributed by atoms with Gasteiger partial charge in [-0.15, -0.1) is 0 Å². The number of rotatable bonds is 5. The summed E-state index contributed by atoms with van der Waals surface area (Å²) < 4.78 is 2.00. The van der Waals surface area contributed by atoms with E-state index in [1.54, 1.807) is 0 Å². The van der Waals surface area contributed by atoms with Crippen LogP contribution < -0.4 is 5.32 Å². The van der Waals surface area contributed by atoms with Crippen LogP contribution in [0.4, 0.5) is 5.95 Å². The fourth-order valence-corrected chi connectivity index (χ4v) is 3.35. The van der Waals surface area contributed by atoms with Crippen molar-refractivity contribution < 1.29 is 4.79 Å². The van der Waals surface area contributed by atoms with Gasteiger partial charge in [-0.2, -0.15) is 0 Å². The Morgan fingerprint density at radius 1 is 1.00 bits per heavy atom. The molecular formula is C20H22N4O. The Bertz CT molecular complexity index is 866. The summed E-state index contributed by atoms with van der Waals surface area (Å²) in [5.74, 6) is 0.918. The van der Waals surface area contributed by atoms with E-state index in [1.165, 1.54) is 5.56 Å². The highest BCUT2D eigenvalue weighted by molar-refractivity contribution is 5.83. The minimum Gasteiger partial charge on any atom is -0.352 e. The molecular weight excluding hydrogens is 312 g/mol. The second-order valence-electron chi connectivity index (χ2n) is 6.44. The van der Waals surface area contributed by atoms with Crippen LogP contribution >= 0.6 is 0 Å². The molecule has 3 aromatic rings. The number of amides is 1. The molecule has 0 spiro atoms. The third-order valence-electron chi connectivity index (χ3n) is 4.70. The lowest BCUT2D eigenvalue weighted by Crippen LogP contribution is -2.31. The molecule has 0 atom stereocenters. The summed E-state index contributed by atoms with van der Waals surface area (Å²) in [7, 11) is 0. The van der Waals surface area contributed by atoms with E-state index < -0.39 is 0 Å². The number of para-hydroxylation sites is 2. The largest absolute Gasteiger partial charge is 0.352 e. The lowest BCUT2D eigenvalue weighted by molar-refractivity contribution is -0.130. The fraction of sp³-hybridized carbons (Fsp3) is 0.300. The van der Waals surface area contributed by atoms with Crippen molar-refractivity contribution in [2.45, 2.75) is 25.9 Å². The zero-order valence-electron chi connectivity index (χ0n) is 14.2. The molecule has 1 fully saturated rings. The van der Waals surface area contributed by atoms with Crippen molar-refractivity contribution in [3.05, 3.63) is 60.2 Å². The maximum Gasteiger partial charge on any atom is 0.242 e. The number of aromatic nitrogens is 2. The molecule has 2 heterocycles. The molecule has 0 radical (unpaired) electrons. The average Bonchev–Trinajstić information content (AvgIpc) is 3.30. The van der Waals surface area contributed by atoms with E-state index in [0.717, 1.165) is 42.9 Å². The Morgan fingerprint density at radius 3 is 2.52 bits per heavy atom. The predicted octanol–water partition coefficient (Wildman–Crippen LogP) is 3.27. The number of anilines is 1. The summed E-state index contributed by atoms with van der Waals surface area (Å²) in [6, 6.07) is 18.2. The van der Waals surface area contributed by atoms with Gasteiger partial charge in [-0.1, -0.05) is 42.5 Å². The van der Waals surface area contributed by atoms with E-state index >= 15 is 0 Å². The van der Waals surface area contributed by atoms with E-state index in [2.05, 4.69) is 22.4 Å². The molecule has 1 aromatic heterocycles. The SMILES string of the molecule is O=C(Cn1c(NCc2ccccc2)nc2ccccc21)N1CCCC1. The maximum atomic E-state index is 12.6. The molecule has 128 valence electrons. The number of hydrogen-bond acceptors (Lipinski definition) is 3. The first kappa shape index (κ1) is 15.7. The van der Waals surface area contributed by atoms with Crippen LogP contribution in [0.1, 0.15) is 18.4 Å². The van der Waals surface area contributed by atoms with Crippen LogP contribution in [0.25, 0.3) is 11.0 Å². The molecule has 1 aliphatic rings. The van der Waals surface area contributed by atoms with Gasteiger partial charge in [0.05, 0.1) is 11.0 Å². The van der Waals surface area contributed by atoms with Crippen LogP contribution in [-0.4, -0.2) is 33.4 Å². The number of nitrogens with one attached hydrogen (secondary N) is 1. The first-order valence-corrected chi connectivity index (χ1v) is 8.82. The molecule has 2 aromatic carbocycles. The predicted molar refractivity (Wildman–Crippen MR) is 99.3 cm³/mol. The highest BCUT2D eigenvalue weighted by Crippen LogP contribution is 2.21. The highest BCUT2D eigenvalue weighted by Gasteiger charge is 2.20. The molecule has 5 nitrogen and oxygen atoms in total. The fourth-order valence-electron chi connectivity index (χ4n) is 3.35. The molecule has 25 heavy (non-hydrogen) atoms. The Kier molecular flexibility index (Phi) is 4.37. The minimum absolute atomic E-state index is 0.170. The van der Waals surface area contributed by atoms with Gasteiger partial charge in [0.25, 0.3) is 0 Å². The smallest absolute Gasteiger partial charge is 0.242 e. The summed E-state index contributed by atoms with van der Waals surface area (Å²) in [5, 5.41) is 3.40. The summed E-state index contributed by atoms with van der Waals surface area (Å²) in [6.45, 7) is 2.76. The van der Waals surface area contributed by atoms with Crippen molar-refractivity contribution in [1.29, 1.82) is 0 Å². The molecule has 0 saturated carbocycles. The van der Waals surface area contributed by atoms with Gasteiger partial charge in [0.1, 0.15) is 6.54 Å². The summed E-state index contributed by atoms with van der Waals surface area (Å²) >= 11 is 0. The van der Waals surface area contributed by atoms with Crippen molar-refractivity contribution in [2.24, 2.45) is 0 Å². The zero-order chi connectivity index (χ0) is 17.1. The molecule has 1 N–H and O–H groups in total. The minimum atomic E-state index is 0.170. The Labute approximate surface area is 147 Å². The summed E-state index contributed by atoms with van der Waals surface area (Å²) in [4.78, 5) is 19.3. The second-order valence-corrected chi connectivity index (χ2v) is 6.44. The number of benzene rings is 2. The van der Waals surface area contributed by atoms with Gasteiger partial charge >= 0.3 is 0 Å². The number of fused-ring (bicyclic) bond motifs is 1. The van der Waals surface area contributed by atoms with Gasteiger partial charge in [0.15, 0.2) is 0 Å². The first-order valence-electron chi connectivity index (χ1n) is 8.82. The van der Waals surface area contributed by atoms with Gasteiger partial charge in [-0.05, 0) is 30.5 Å². The number of nitrogens with zero attached hydrogens (tertiary/aromatic N) is 3. The zero-order valence-corrected chi connectivity index (χ0v) is 14.2. The maximum absolute atomic E-state index is 12.6. The Hall–Kier alpha value is -2.82. The van der Waals surface area contributed by atoms with E-state index in [-0.39, 0.29) is 5.91 Å². The van der Waals surface area contributed by atoms with Crippen LogP contribution in [0.3, 0.4) is 0 Å². The number of likely N-dealkylation sites (tertiary alicyclic amines) is 1. The standard InChI is InChI=1S/C20H22N4O/c25-19(23-12-6-7-13-23)15-24-18-11-5-4-10-17(18)22-20(24)21-14-16-8-2-1-3-9-16/h1-5,8-11H,6-7,12-15H2,(H,21,22).